The average molecular weight is 350 g/mol. The third-order valence-corrected chi connectivity index (χ3v) is 4.42. The van der Waals surface area contributed by atoms with E-state index in [1.54, 1.807) is 6.20 Å². The quantitative estimate of drug-likeness (QED) is 0.575. The summed E-state index contributed by atoms with van der Waals surface area (Å²) in [6.07, 6.45) is 2.40. The van der Waals surface area contributed by atoms with Crippen LogP contribution in [0.25, 0.3) is 21.9 Å². The zero-order valence-electron chi connectivity index (χ0n) is 13.4. The lowest BCUT2D eigenvalue weighted by molar-refractivity contribution is 0.0954. The standard InChI is InChI=1S/C20H16ClN3O/c21-15-11-17-16-10-13(6-7-18(16)24-19(17)23-12-15)8-9-22-20(25)14-4-2-1-3-5-14/h1-7,10-12H,8-9H2,(H,22,25)(H,23,24). The van der Waals surface area contributed by atoms with Crippen molar-refractivity contribution in [3.63, 3.8) is 0 Å². The molecule has 1 amide bonds. The first-order chi connectivity index (χ1) is 12.2. The van der Waals surface area contributed by atoms with Crippen LogP contribution in [0.1, 0.15) is 15.9 Å². The molecule has 2 aromatic carbocycles. The SMILES string of the molecule is O=C(NCCc1ccc2[nH]c3ncc(Cl)cc3c2c1)c1ccccc1. The Morgan fingerprint density at radius 3 is 2.76 bits per heavy atom. The van der Waals surface area contributed by atoms with Crippen LogP contribution in [-0.2, 0) is 6.42 Å². The van der Waals surface area contributed by atoms with Gasteiger partial charge in [-0.3, -0.25) is 4.79 Å². The largest absolute Gasteiger partial charge is 0.352 e. The molecular formula is C20H16ClN3O. The van der Waals surface area contributed by atoms with Crippen LogP contribution < -0.4 is 5.32 Å². The van der Waals surface area contributed by atoms with Crippen LogP contribution in [0.2, 0.25) is 5.02 Å². The molecule has 0 aliphatic carbocycles. The van der Waals surface area contributed by atoms with Gasteiger partial charge in [-0.1, -0.05) is 35.9 Å². The van der Waals surface area contributed by atoms with E-state index < -0.39 is 0 Å². The molecule has 4 nitrogen and oxygen atoms in total. The van der Waals surface area contributed by atoms with E-state index in [9.17, 15) is 4.79 Å². The van der Waals surface area contributed by atoms with Crippen molar-refractivity contribution in [2.24, 2.45) is 0 Å². The second kappa shape index (κ2) is 6.57. The predicted octanol–water partition coefficient (Wildman–Crippen LogP) is 4.34. The van der Waals surface area contributed by atoms with Crippen molar-refractivity contribution >= 4 is 39.4 Å². The summed E-state index contributed by atoms with van der Waals surface area (Å²) in [6, 6.07) is 17.4. The van der Waals surface area contributed by atoms with Gasteiger partial charge >= 0.3 is 0 Å². The molecule has 0 fully saturated rings. The van der Waals surface area contributed by atoms with E-state index in [-0.39, 0.29) is 5.91 Å². The Hall–Kier alpha value is -2.85. The number of carbonyl (C=O) groups is 1. The maximum Gasteiger partial charge on any atom is 0.251 e. The molecule has 0 saturated carbocycles. The van der Waals surface area contributed by atoms with Gasteiger partial charge in [0, 0.05) is 34.6 Å². The molecule has 0 radical (unpaired) electrons. The maximum absolute atomic E-state index is 12.1. The molecular weight excluding hydrogens is 334 g/mol. The van der Waals surface area contributed by atoms with Gasteiger partial charge in [0.1, 0.15) is 5.65 Å². The molecule has 2 N–H and O–H groups in total. The first-order valence-electron chi connectivity index (χ1n) is 8.10. The minimum absolute atomic E-state index is 0.0512. The number of fused-ring (bicyclic) bond motifs is 3. The van der Waals surface area contributed by atoms with Gasteiger partial charge < -0.3 is 10.3 Å². The summed E-state index contributed by atoms with van der Waals surface area (Å²) in [4.78, 5) is 19.7. The predicted molar refractivity (Wildman–Crippen MR) is 101 cm³/mol. The molecule has 0 aliphatic heterocycles. The number of halogens is 1. The molecule has 124 valence electrons. The number of aromatic nitrogens is 2. The van der Waals surface area contributed by atoms with Gasteiger partial charge in [-0.2, -0.15) is 0 Å². The highest BCUT2D eigenvalue weighted by Gasteiger charge is 2.08. The highest BCUT2D eigenvalue weighted by Crippen LogP contribution is 2.27. The summed E-state index contributed by atoms with van der Waals surface area (Å²) in [7, 11) is 0. The van der Waals surface area contributed by atoms with Gasteiger partial charge in [-0.25, -0.2) is 4.98 Å². The first kappa shape index (κ1) is 15.7. The van der Waals surface area contributed by atoms with Crippen LogP contribution in [0.5, 0.6) is 0 Å². The molecule has 2 heterocycles. The number of hydrogen-bond donors (Lipinski definition) is 2. The molecule has 5 heteroatoms. The lowest BCUT2D eigenvalue weighted by Gasteiger charge is -2.06. The summed E-state index contributed by atoms with van der Waals surface area (Å²) >= 11 is 6.07. The normalized spacial score (nSPS) is 11.1. The molecule has 0 bridgehead atoms. The van der Waals surface area contributed by atoms with E-state index in [1.165, 1.54) is 0 Å². The number of nitrogens with one attached hydrogen (secondary N) is 2. The Morgan fingerprint density at radius 1 is 1.08 bits per heavy atom. The molecule has 2 aromatic heterocycles. The molecule has 0 spiro atoms. The number of nitrogens with zero attached hydrogens (tertiary/aromatic N) is 1. The van der Waals surface area contributed by atoms with Crippen LogP contribution in [-0.4, -0.2) is 22.4 Å². The van der Waals surface area contributed by atoms with Crippen LogP contribution in [0.3, 0.4) is 0 Å². The minimum Gasteiger partial charge on any atom is -0.352 e. The van der Waals surface area contributed by atoms with Crippen molar-refractivity contribution < 1.29 is 4.79 Å². The summed E-state index contributed by atoms with van der Waals surface area (Å²) < 4.78 is 0. The topological polar surface area (TPSA) is 57.8 Å². The number of amides is 1. The molecule has 4 rings (SSSR count). The second-order valence-electron chi connectivity index (χ2n) is 5.93. The number of aromatic amines is 1. The van der Waals surface area contributed by atoms with Crippen LogP contribution in [0.15, 0.2) is 60.8 Å². The van der Waals surface area contributed by atoms with E-state index in [4.69, 9.17) is 11.6 Å². The average Bonchev–Trinajstić information content (AvgIpc) is 3.00. The van der Waals surface area contributed by atoms with E-state index in [0.717, 1.165) is 33.9 Å². The van der Waals surface area contributed by atoms with E-state index in [1.807, 2.05) is 42.5 Å². The van der Waals surface area contributed by atoms with Crippen molar-refractivity contribution in [2.45, 2.75) is 6.42 Å². The first-order valence-corrected chi connectivity index (χ1v) is 8.47. The van der Waals surface area contributed by atoms with E-state index in [0.29, 0.717) is 17.1 Å². The van der Waals surface area contributed by atoms with Crippen LogP contribution in [0, 0.1) is 0 Å². The van der Waals surface area contributed by atoms with Crippen molar-refractivity contribution in [1.82, 2.24) is 15.3 Å². The number of carbonyl (C=O) groups excluding carboxylic acids is 1. The zero-order chi connectivity index (χ0) is 17.2. The van der Waals surface area contributed by atoms with Crippen molar-refractivity contribution in [3.05, 3.63) is 76.9 Å². The molecule has 25 heavy (non-hydrogen) atoms. The molecule has 0 unspecified atom stereocenters. The van der Waals surface area contributed by atoms with Gasteiger partial charge in [-0.05, 0) is 42.3 Å². The van der Waals surface area contributed by atoms with Crippen LogP contribution >= 0.6 is 11.6 Å². The van der Waals surface area contributed by atoms with Crippen LogP contribution in [0.4, 0.5) is 0 Å². The molecule has 0 atom stereocenters. The number of benzene rings is 2. The second-order valence-corrected chi connectivity index (χ2v) is 6.36. The lowest BCUT2D eigenvalue weighted by atomic mass is 10.1. The Balaban J connectivity index is 1.51. The third kappa shape index (κ3) is 3.21. The Bertz CT molecular complexity index is 1060. The van der Waals surface area contributed by atoms with Crippen molar-refractivity contribution in [2.75, 3.05) is 6.54 Å². The highest BCUT2D eigenvalue weighted by atomic mass is 35.5. The highest BCUT2D eigenvalue weighted by molar-refractivity contribution is 6.31. The van der Waals surface area contributed by atoms with Gasteiger partial charge in [0.25, 0.3) is 5.91 Å². The smallest absolute Gasteiger partial charge is 0.251 e. The molecule has 4 aromatic rings. The fourth-order valence-corrected chi connectivity index (χ4v) is 3.12. The number of rotatable bonds is 4. The third-order valence-electron chi connectivity index (χ3n) is 4.22. The number of hydrogen-bond acceptors (Lipinski definition) is 2. The zero-order valence-corrected chi connectivity index (χ0v) is 14.2. The Kier molecular flexibility index (Phi) is 4.12. The summed E-state index contributed by atoms with van der Waals surface area (Å²) in [5.74, 6) is -0.0512. The maximum atomic E-state index is 12.1. The Morgan fingerprint density at radius 2 is 1.92 bits per heavy atom. The Labute approximate surface area is 149 Å². The van der Waals surface area contributed by atoms with Gasteiger partial charge in [-0.15, -0.1) is 0 Å². The molecule has 0 saturated heterocycles. The molecule has 0 aliphatic rings. The fourth-order valence-electron chi connectivity index (χ4n) is 2.96. The minimum atomic E-state index is -0.0512. The summed E-state index contributed by atoms with van der Waals surface area (Å²) in [6.45, 7) is 0.584. The van der Waals surface area contributed by atoms with Crippen molar-refractivity contribution in [3.8, 4) is 0 Å². The van der Waals surface area contributed by atoms with Crippen molar-refractivity contribution in [1.29, 1.82) is 0 Å². The summed E-state index contributed by atoms with van der Waals surface area (Å²) in [5.41, 5.74) is 3.69. The van der Waals surface area contributed by atoms with Gasteiger partial charge in [0.2, 0.25) is 0 Å². The van der Waals surface area contributed by atoms with E-state index >= 15 is 0 Å². The summed E-state index contributed by atoms with van der Waals surface area (Å²) in [5, 5.41) is 5.68. The lowest BCUT2D eigenvalue weighted by Crippen LogP contribution is -2.25. The monoisotopic (exact) mass is 349 g/mol. The number of pyridine rings is 1. The van der Waals surface area contributed by atoms with Gasteiger partial charge in [0.15, 0.2) is 0 Å². The van der Waals surface area contributed by atoms with E-state index in [2.05, 4.69) is 27.4 Å². The van der Waals surface area contributed by atoms with Gasteiger partial charge in [0.05, 0.1) is 5.02 Å². The number of H-pyrrole nitrogens is 1. The fraction of sp³-hybridized carbons (Fsp3) is 0.100.